The summed E-state index contributed by atoms with van der Waals surface area (Å²) in [5.74, 6) is -0.540. The van der Waals surface area contributed by atoms with Crippen molar-refractivity contribution in [3.05, 3.63) is 63.6 Å². The SMILES string of the molecule is O=C(CCNC(=O)c1ccc(Br)cc1)OCCc1nc2ccccc2s1. The Kier molecular flexibility index (Phi) is 6.35. The first-order chi connectivity index (χ1) is 12.6. The van der Waals surface area contributed by atoms with Gasteiger partial charge in [-0.1, -0.05) is 28.1 Å². The van der Waals surface area contributed by atoms with Crippen LogP contribution in [0, 0.1) is 0 Å². The number of carbonyl (C=O) groups excluding carboxylic acids is 2. The molecule has 2 aromatic carbocycles. The highest BCUT2D eigenvalue weighted by Gasteiger charge is 2.08. The Morgan fingerprint density at radius 2 is 1.88 bits per heavy atom. The van der Waals surface area contributed by atoms with Gasteiger partial charge in [0.1, 0.15) is 0 Å². The number of aromatic nitrogens is 1. The number of carbonyl (C=O) groups is 2. The zero-order valence-corrected chi connectivity index (χ0v) is 16.3. The predicted octanol–water partition coefficient (Wildman–Crippen LogP) is 3.96. The zero-order valence-electron chi connectivity index (χ0n) is 13.9. The molecule has 0 spiro atoms. The molecule has 1 aromatic heterocycles. The van der Waals surface area contributed by atoms with Gasteiger partial charge in [0.05, 0.1) is 28.3 Å². The lowest BCUT2D eigenvalue weighted by atomic mass is 10.2. The molecule has 0 fully saturated rings. The molecule has 0 aliphatic rings. The van der Waals surface area contributed by atoms with Crippen LogP contribution in [0.1, 0.15) is 21.8 Å². The van der Waals surface area contributed by atoms with Crippen molar-refractivity contribution in [1.29, 1.82) is 0 Å². The van der Waals surface area contributed by atoms with E-state index in [1.165, 1.54) is 0 Å². The first-order valence-electron chi connectivity index (χ1n) is 8.15. The smallest absolute Gasteiger partial charge is 0.307 e. The van der Waals surface area contributed by atoms with Gasteiger partial charge in [-0.3, -0.25) is 9.59 Å². The first kappa shape index (κ1) is 18.5. The maximum absolute atomic E-state index is 11.9. The van der Waals surface area contributed by atoms with Gasteiger partial charge in [0.15, 0.2) is 0 Å². The summed E-state index contributed by atoms with van der Waals surface area (Å²) >= 11 is 4.93. The highest BCUT2D eigenvalue weighted by molar-refractivity contribution is 9.10. The second-order valence-corrected chi connectivity index (χ2v) is 7.59. The zero-order chi connectivity index (χ0) is 18.4. The van der Waals surface area contributed by atoms with E-state index in [1.54, 1.807) is 35.6 Å². The lowest BCUT2D eigenvalue weighted by Gasteiger charge is -2.06. The number of benzene rings is 2. The Morgan fingerprint density at radius 3 is 2.65 bits per heavy atom. The summed E-state index contributed by atoms with van der Waals surface area (Å²) in [7, 11) is 0. The molecule has 1 N–H and O–H groups in total. The van der Waals surface area contributed by atoms with Gasteiger partial charge in [0, 0.05) is 23.0 Å². The van der Waals surface area contributed by atoms with Crippen LogP contribution in [0.5, 0.6) is 0 Å². The number of fused-ring (bicyclic) bond motifs is 1. The number of esters is 1. The van der Waals surface area contributed by atoms with Crippen molar-refractivity contribution in [2.24, 2.45) is 0 Å². The van der Waals surface area contributed by atoms with Gasteiger partial charge in [-0.2, -0.15) is 0 Å². The normalized spacial score (nSPS) is 10.7. The van der Waals surface area contributed by atoms with Crippen molar-refractivity contribution in [2.75, 3.05) is 13.2 Å². The Hall–Kier alpha value is -2.25. The third-order valence-electron chi connectivity index (χ3n) is 3.64. The lowest BCUT2D eigenvalue weighted by Crippen LogP contribution is -2.26. The number of ether oxygens (including phenoxy) is 1. The highest BCUT2D eigenvalue weighted by Crippen LogP contribution is 2.21. The molecule has 1 amide bonds. The predicted molar refractivity (Wildman–Crippen MR) is 105 cm³/mol. The molecule has 26 heavy (non-hydrogen) atoms. The molecular formula is C19H17BrN2O3S. The van der Waals surface area contributed by atoms with Gasteiger partial charge in [0.25, 0.3) is 5.91 Å². The second kappa shape index (κ2) is 8.91. The third-order valence-corrected chi connectivity index (χ3v) is 5.26. The number of hydrogen-bond donors (Lipinski definition) is 1. The fourth-order valence-corrected chi connectivity index (χ4v) is 3.55. The van der Waals surface area contributed by atoms with Crippen molar-refractivity contribution >= 4 is 49.4 Å². The largest absolute Gasteiger partial charge is 0.465 e. The minimum atomic E-state index is -0.331. The van der Waals surface area contributed by atoms with Crippen LogP contribution < -0.4 is 5.32 Å². The summed E-state index contributed by atoms with van der Waals surface area (Å²) in [5, 5.41) is 3.66. The first-order valence-corrected chi connectivity index (χ1v) is 9.76. The lowest BCUT2D eigenvalue weighted by molar-refractivity contribution is -0.143. The molecule has 0 radical (unpaired) electrons. The number of para-hydroxylation sites is 1. The monoisotopic (exact) mass is 432 g/mol. The van der Waals surface area contributed by atoms with Crippen molar-refractivity contribution in [1.82, 2.24) is 10.3 Å². The fraction of sp³-hybridized carbons (Fsp3) is 0.211. The van der Waals surface area contributed by atoms with Gasteiger partial charge < -0.3 is 10.1 Å². The van der Waals surface area contributed by atoms with Crippen LogP contribution >= 0.6 is 27.3 Å². The van der Waals surface area contributed by atoms with Gasteiger partial charge in [0.2, 0.25) is 0 Å². The molecule has 5 nitrogen and oxygen atoms in total. The summed E-state index contributed by atoms with van der Waals surface area (Å²) in [5.41, 5.74) is 1.52. The molecule has 7 heteroatoms. The summed E-state index contributed by atoms with van der Waals surface area (Å²) < 4.78 is 7.25. The standard InChI is InChI=1S/C19H17BrN2O3S/c20-14-7-5-13(6-8-14)19(24)21-11-9-18(23)25-12-10-17-22-15-3-1-2-4-16(15)26-17/h1-8H,9-12H2,(H,21,24). The van der Waals surface area contributed by atoms with E-state index in [0.717, 1.165) is 19.7 Å². The number of hydrogen-bond acceptors (Lipinski definition) is 5. The molecule has 1 heterocycles. The van der Waals surface area contributed by atoms with E-state index in [4.69, 9.17) is 4.74 Å². The van der Waals surface area contributed by atoms with Crippen molar-refractivity contribution in [3.8, 4) is 0 Å². The Morgan fingerprint density at radius 1 is 1.12 bits per heavy atom. The molecule has 0 saturated heterocycles. The minimum absolute atomic E-state index is 0.141. The van der Waals surface area contributed by atoms with Crippen LogP contribution in [0.3, 0.4) is 0 Å². The van der Waals surface area contributed by atoms with Gasteiger partial charge in [-0.15, -0.1) is 11.3 Å². The van der Waals surface area contributed by atoms with Crippen LogP contribution in [0.25, 0.3) is 10.2 Å². The molecule has 0 atom stereocenters. The maximum atomic E-state index is 11.9. The van der Waals surface area contributed by atoms with E-state index in [2.05, 4.69) is 26.2 Å². The van der Waals surface area contributed by atoms with E-state index in [0.29, 0.717) is 18.6 Å². The minimum Gasteiger partial charge on any atom is -0.465 e. The average Bonchev–Trinajstić information content (AvgIpc) is 3.05. The molecule has 0 aliphatic carbocycles. The van der Waals surface area contributed by atoms with Crippen LogP contribution in [-0.4, -0.2) is 30.0 Å². The maximum Gasteiger partial charge on any atom is 0.307 e. The number of nitrogens with one attached hydrogen (secondary N) is 1. The molecular weight excluding hydrogens is 416 g/mol. The number of halogens is 1. The van der Waals surface area contributed by atoms with Gasteiger partial charge in [-0.05, 0) is 36.4 Å². The van der Waals surface area contributed by atoms with Crippen molar-refractivity contribution < 1.29 is 14.3 Å². The quantitative estimate of drug-likeness (QED) is 0.573. The Balaban J connectivity index is 1.36. The third kappa shape index (κ3) is 5.12. The fourth-order valence-electron chi connectivity index (χ4n) is 2.33. The van der Waals surface area contributed by atoms with Crippen LogP contribution in [-0.2, 0) is 16.0 Å². The number of nitrogens with zero attached hydrogens (tertiary/aromatic N) is 1. The topological polar surface area (TPSA) is 68.3 Å². The van der Waals surface area contributed by atoms with E-state index >= 15 is 0 Å². The Bertz CT molecular complexity index is 876. The van der Waals surface area contributed by atoms with Crippen molar-refractivity contribution in [2.45, 2.75) is 12.8 Å². The summed E-state index contributed by atoms with van der Waals surface area (Å²) in [6, 6.07) is 15.0. The number of amides is 1. The van der Waals surface area contributed by atoms with Crippen LogP contribution in [0.15, 0.2) is 53.0 Å². The van der Waals surface area contributed by atoms with Gasteiger partial charge in [-0.25, -0.2) is 4.98 Å². The molecule has 0 aliphatic heterocycles. The van der Waals surface area contributed by atoms with Gasteiger partial charge >= 0.3 is 5.97 Å². The van der Waals surface area contributed by atoms with E-state index < -0.39 is 0 Å². The molecule has 3 aromatic rings. The summed E-state index contributed by atoms with van der Waals surface area (Å²) in [6.45, 7) is 0.536. The molecule has 134 valence electrons. The second-order valence-electron chi connectivity index (χ2n) is 5.56. The molecule has 3 rings (SSSR count). The summed E-state index contributed by atoms with van der Waals surface area (Å²) in [4.78, 5) is 28.2. The highest BCUT2D eigenvalue weighted by atomic mass is 79.9. The summed E-state index contributed by atoms with van der Waals surface area (Å²) in [6.07, 6.45) is 0.735. The van der Waals surface area contributed by atoms with E-state index in [1.807, 2.05) is 24.3 Å². The molecule has 0 saturated carbocycles. The van der Waals surface area contributed by atoms with E-state index in [9.17, 15) is 9.59 Å². The van der Waals surface area contributed by atoms with Crippen LogP contribution in [0.2, 0.25) is 0 Å². The number of rotatable bonds is 7. The molecule has 0 bridgehead atoms. The number of thiazole rings is 1. The average molecular weight is 433 g/mol. The van der Waals surface area contributed by atoms with Crippen molar-refractivity contribution in [3.63, 3.8) is 0 Å². The Labute approximate surface area is 163 Å². The molecule has 0 unspecified atom stereocenters. The van der Waals surface area contributed by atoms with Crippen LogP contribution in [0.4, 0.5) is 0 Å². The van der Waals surface area contributed by atoms with E-state index in [-0.39, 0.29) is 24.8 Å².